The number of ether oxygens (including phenoxy) is 1. The van der Waals surface area contributed by atoms with Gasteiger partial charge in [0.2, 0.25) is 0 Å². The number of epoxide rings is 1. The van der Waals surface area contributed by atoms with Gasteiger partial charge in [-0.3, -0.25) is 9.69 Å². The van der Waals surface area contributed by atoms with Crippen molar-refractivity contribution < 1.29 is 4.74 Å². The molecular weight excluding hydrogens is 276 g/mol. The number of pyridine rings is 1. The summed E-state index contributed by atoms with van der Waals surface area (Å²) in [5.41, 5.74) is 4.88. The third-order valence-electron chi connectivity index (χ3n) is 5.44. The summed E-state index contributed by atoms with van der Waals surface area (Å²) in [5.74, 6) is 0. The molecule has 114 valence electrons. The minimum Gasteiger partial charge on any atom is -0.372 e. The summed E-state index contributed by atoms with van der Waals surface area (Å²) in [6.45, 7) is 6.01. The van der Waals surface area contributed by atoms with Gasteiger partial charge in [0.1, 0.15) is 0 Å². The first-order chi connectivity index (χ1) is 10.7. The van der Waals surface area contributed by atoms with Gasteiger partial charge < -0.3 is 9.30 Å². The van der Waals surface area contributed by atoms with Gasteiger partial charge in [-0.2, -0.15) is 0 Å². The molecule has 1 saturated heterocycles. The summed E-state index contributed by atoms with van der Waals surface area (Å²) in [6, 6.07) is 6.71. The maximum Gasteiger partial charge on any atom is 0.192 e. The Morgan fingerprint density at radius 3 is 3.00 bits per heavy atom. The molecule has 1 fully saturated rings. The normalized spacial score (nSPS) is 26.4. The van der Waals surface area contributed by atoms with Crippen molar-refractivity contribution in [2.24, 2.45) is 0 Å². The summed E-state index contributed by atoms with van der Waals surface area (Å²) in [7, 11) is 0. The Kier molecular flexibility index (Phi) is 2.59. The van der Waals surface area contributed by atoms with Crippen LogP contribution in [0.5, 0.6) is 0 Å². The van der Waals surface area contributed by atoms with E-state index in [-0.39, 0.29) is 5.43 Å². The summed E-state index contributed by atoms with van der Waals surface area (Å²) in [4.78, 5) is 15.4. The van der Waals surface area contributed by atoms with Crippen LogP contribution >= 0.6 is 0 Å². The number of nitrogens with zero attached hydrogens (tertiary/aromatic N) is 2. The van der Waals surface area contributed by atoms with E-state index in [9.17, 15) is 4.79 Å². The van der Waals surface area contributed by atoms with E-state index in [1.165, 1.54) is 5.69 Å². The lowest BCUT2D eigenvalue weighted by Crippen LogP contribution is -2.40. The molecule has 0 saturated carbocycles. The first-order valence-corrected chi connectivity index (χ1v) is 8.24. The molecule has 5 rings (SSSR count). The second-order valence-corrected chi connectivity index (χ2v) is 6.87. The van der Waals surface area contributed by atoms with Gasteiger partial charge >= 0.3 is 0 Å². The van der Waals surface area contributed by atoms with Crippen molar-refractivity contribution in [3.8, 4) is 0 Å². The number of rotatable bonds is 2. The molecule has 0 unspecified atom stereocenters. The quantitative estimate of drug-likeness (QED) is 0.796. The van der Waals surface area contributed by atoms with Crippen molar-refractivity contribution in [3.63, 3.8) is 0 Å². The predicted octanol–water partition coefficient (Wildman–Crippen LogP) is 2.01. The number of hydrogen-bond donors (Lipinski definition) is 0. The zero-order valence-electron chi connectivity index (χ0n) is 12.8. The molecule has 0 radical (unpaired) electrons. The second-order valence-electron chi connectivity index (χ2n) is 6.87. The number of aryl methyl sites for hydroxylation is 1. The Morgan fingerprint density at radius 1 is 1.32 bits per heavy atom. The molecule has 2 atom stereocenters. The average Bonchev–Trinajstić information content (AvgIpc) is 3.22. The SMILES string of the molecule is Cc1ccc2c(c1)c(=O)c1c3n2CCN(C[C@H]2CO2)[C@@H]3CC1. The zero-order valence-corrected chi connectivity index (χ0v) is 12.8. The highest BCUT2D eigenvalue weighted by Crippen LogP contribution is 2.39. The zero-order chi connectivity index (χ0) is 14.8. The van der Waals surface area contributed by atoms with Gasteiger partial charge in [-0.1, -0.05) is 11.6 Å². The lowest BCUT2D eigenvalue weighted by Gasteiger charge is -2.36. The van der Waals surface area contributed by atoms with Crippen LogP contribution in [0, 0.1) is 6.92 Å². The Bertz CT molecular complexity index is 835. The lowest BCUT2D eigenvalue weighted by atomic mass is 10.0. The molecule has 4 nitrogen and oxygen atoms in total. The van der Waals surface area contributed by atoms with Gasteiger partial charge in [0, 0.05) is 36.3 Å². The summed E-state index contributed by atoms with van der Waals surface area (Å²) in [6.07, 6.45) is 2.42. The van der Waals surface area contributed by atoms with Crippen LogP contribution in [0.25, 0.3) is 10.9 Å². The number of benzene rings is 1. The summed E-state index contributed by atoms with van der Waals surface area (Å²) >= 11 is 0. The van der Waals surface area contributed by atoms with Crippen LogP contribution in [0.3, 0.4) is 0 Å². The fourth-order valence-corrected chi connectivity index (χ4v) is 4.31. The van der Waals surface area contributed by atoms with E-state index in [0.717, 1.165) is 61.1 Å². The van der Waals surface area contributed by atoms with Crippen LogP contribution in [0.2, 0.25) is 0 Å². The molecule has 0 bridgehead atoms. The van der Waals surface area contributed by atoms with Crippen molar-refractivity contribution in [2.75, 3.05) is 19.7 Å². The third-order valence-corrected chi connectivity index (χ3v) is 5.44. The second kappa shape index (κ2) is 4.43. The lowest BCUT2D eigenvalue weighted by molar-refractivity contribution is 0.146. The van der Waals surface area contributed by atoms with Crippen LogP contribution in [0.15, 0.2) is 23.0 Å². The van der Waals surface area contributed by atoms with Crippen LogP contribution in [0.1, 0.15) is 29.3 Å². The molecule has 0 N–H and O–H groups in total. The fourth-order valence-electron chi connectivity index (χ4n) is 4.31. The minimum atomic E-state index is 0.261. The topological polar surface area (TPSA) is 37.8 Å². The molecule has 22 heavy (non-hydrogen) atoms. The van der Waals surface area contributed by atoms with Gasteiger partial charge in [-0.05, 0) is 31.9 Å². The molecule has 2 aliphatic heterocycles. The first kappa shape index (κ1) is 12.9. The predicted molar refractivity (Wildman–Crippen MR) is 85.3 cm³/mol. The molecule has 2 aromatic rings. The standard InChI is InChI=1S/C18H20N2O2/c1-11-2-4-15-14(8-11)18(21)13-3-5-16-17(13)20(15)7-6-19(16)9-12-10-22-12/h2,4,8,12,16H,3,5-7,9-10H2,1H3/t12-,16+/m0/s1. The van der Waals surface area contributed by atoms with E-state index >= 15 is 0 Å². The third kappa shape index (κ3) is 1.74. The van der Waals surface area contributed by atoms with E-state index in [0.29, 0.717) is 12.1 Å². The number of aromatic nitrogens is 1. The van der Waals surface area contributed by atoms with Crippen LogP contribution in [0.4, 0.5) is 0 Å². The van der Waals surface area contributed by atoms with Gasteiger partial charge in [0.25, 0.3) is 0 Å². The van der Waals surface area contributed by atoms with E-state index < -0.39 is 0 Å². The van der Waals surface area contributed by atoms with Crippen molar-refractivity contribution in [1.82, 2.24) is 9.47 Å². The maximum atomic E-state index is 12.9. The molecule has 4 heteroatoms. The van der Waals surface area contributed by atoms with E-state index in [1.54, 1.807) is 0 Å². The Balaban J connectivity index is 1.72. The monoisotopic (exact) mass is 296 g/mol. The average molecular weight is 296 g/mol. The van der Waals surface area contributed by atoms with Gasteiger partial charge in [-0.25, -0.2) is 0 Å². The Morgan fingerprint density at radius 2 is 2.18 bits per heavy atom. The molecule has 3 heterocycles. The van der Waals surface area contributed by atoms with Gasteiger partial charge in [0.05, 0.1) is 24.3 Å². The Labute approximate surface area is 129 Å². The van der Waals surface area contributed by atoms with Gasteiger partial charge in [0.15, 0.2) is 5.43 Å². The molecule has 1 aromatic heterocycles. The Hall–Kier alpha value is -1.65. The van der Waals surface area contributed by atoms with Crippen LogP contribution in [-0.2, 0) is 17.7 Å². The maximum absolute atomic E-state index is 12.9. The van der Waals surface area contributed by atoms with E-state index in [2.05, 4.69) is 34.6 Å². The van der Waals surface area contributed by atoms with Crippen molar-refractivity contribution in [2.45, 2.75) is 38.5 Å². The minimum absolute atomic E-state index is 0.261. The van der Waals surface area contributed by atoms with Crippen LogP contribution < -0.4 is 5.43 Å². The highest BCUT2D eigenvalue weighted by Gasteiger charge is 2.38. The molecule has 3 aliphatic rings. The smallest absolute Gasteiger partial charge is 0.192 e. The van der Waals surface area contributed by atoms with Crippen molar-refractivity contribution in [3.05, 3.63) is 45.2 Å². The highest BCUT2D eigenvalue weighted by atomic mass is 16.6. The van der Waals surface area contributed by atoms with E-state index in [1.807, 2.05) is 0 Å². The highest BCUT2D eigenvalue weighted by molar-refractivity contribution is 5.81. The molecule has 0 spiro atoms. The molecule has 1 aromatic carbocycles. The summed E-state index contributed by atoms with van der Waals surface area (Å²) < 4.78 is 7.82. The van der Waals surface area contributed by atoms with Crippen molar-refractivity contribution in [1.29, 1.82) is 0 Å². The largest absolute Gasteiger partial charge is 0.372 e. The van der Waals surface area contributed by atoms with Crippen molar-refractivity contribution >= 4 is 10.9 Å². The molecule has 0 amide bonds. The fraction of sp³-hybridized carbons (Fsp3) is 0.500. The number of fused-ring (bicyclic) bond motifs is 2. The first-order valence-electron chi connectivity index (χ1n) is 8.24. The van der Waals surface area contributed by atoms with Gasteiger partial charge in [-0.15, -0.1) is 0 Å². The number of hydrogen-bond acceptors (Lipinski definition) is 3. The van der Waals surface area contributed by atoms with Crippen LogP contribution in [-0.4, -0.2) is 35.3 Å². The summed E-state index contributed by atoms with van der Waals surface area (Å²) in [5, 5.41) is 0.901. The van der Waals surface area contributed by atoms with E-state index in [4.69, 9.17) is 4.74 Å². The molecule has 1 aliphatic carbocycles. The molecular formula is C18H20N2O2.